The molecule has 4 amide bonds. The van der Waals surface area contributed by atoms with E-state index in [0.29, 0.717) is 33.0 Å². The molecule has 0 saturated carbocycles. The molecule has 1 saturated heterocycles. The van der Waals surface area contributed by atoms with E-state index in [4.69, 9.17) is 19.3 Å². The van der Waals surface area contributed by atoms with Crippen molar-refractivity contribution in [3.05, 3.63) is 122 Å². The smallest absolute Gasteiger partial charge is 0.335 e. The first-order valence-corrected chi connectivity index (χ1v) is 14.3. The summed E-state index contributed by atoms with van der Waals surface area (Å²) in [6.07, 6.45) is 1.38. The molecule has 0 aromatic heterocycles. The molecule has 1 heterocycles. The monoisotopic (exact) mass is 704 g/mol. The van der Waals surface area contributed by atoms with E-state index in [0.717, 1.165) is 16.0 Å². The van der Waals surface area contributed by atoms with Crippen LogP contribution in [0.15, 0.2) is 96.6 Å². The maximum atomic E-state index is 13.4. The van der Waals surface area contributed by atoms with Crippen LogP contribution in [0.3, 0.4) is 0 Å². The van der Waals surface area contributed by atoms with Gasteiger partial charge in [0.1, 0.15) is 24.5 Å². The van der Waals surface area contributed by atoms with Gasteiger partial charge in [-0.05, 0) is 93.9 Å². The number of aromatic carboxylic acids is 1. The Kier molecular flexibility index (Phi) is 9.24. The van der Waals surface area contributed by atoms with Crippen molar-refractivity contribution in [3.63, 3.8) is 0 Å². The van der Waals surface area contributed by atoms with E-state index in [2.05, 4.69) is 27.9 Å². The van der Waals surface area contributed by atoms with E-state index in [9.17, 15) is 19.2 Å². The van der Waals surface area contributed by atoms with Crippen LogP contribution in [-0.4, -0.2) is 36.0 Å². The van der Waals surface area contributed by atoms with Crippen LogP contribution < -0.4 is 24.4 Å². The lowest BCUT2D eigenvalue weighted by Crippen LogP contribution is -2.54. The quantitative estimate of drug-likeness (QED) is 0.120. The number of ether oxygens (including phenoxy) is 3. The van der Waals surface area contributed by atoms with Crippen molar-refractivity contribution in [1.82, 2.24) is 5.32 Å². The zero-order valence-electron chi connectivity index (χ0n) is 23.3. The van der Waals surface area contributed by atoms with Gasteiger partial charge in [0.2, 0.25) is 0 Å². The number of benzene rings is 4. The molecule has 5 rings (SSSR count). The molecule has 44 heavy (non-hydrogen) atoms. The number of carboxylic acids is 1. The van der Waals surface area contributed by atoms with Gasteiger partial charge in [0.25, 0.3) is 11.8 Å². The van der Waals surface area contributed by atoms with Crippen molar-refractivity contribution < 1.29 is 38.5 Å². The molecule has 0 radical (unpaired) electrons. The van der Waals surface area contributed by atoms with Crippen molar-refractivity contribution in [2.24, 2.45) is 0 Å². The minimum Gasteiger partial charge on any atom is -0.493 e. The first-order chi connectivity index (χ1) is 21.2. The van der Waals surface area contributed by atoms with Gasteiger partial charge in [0.15, 0.2) is 11.5 Å². The Labute approximate surface area is 266 Å². The van der Waals surface area contributed by atoms with Crippen molar-refractivity contribution in [2.45, 2.75) is 13.2 Å². The number of amides is 4. The molecule has 0 unspecified atom stereocenters. The fraction of sp³-hybridized carbons (Fsp3) is 0.0909. The van der Waals surface area contributed by atoms with Gasteiger partial charge < -0.3 is 19.3 Å². The van der Waals surface area contributed by atoms with E-state index in [1.54, 1.807) is 48.5 Å². The van der Waals surface area contributed by atoms with Crippen LogP contribution in [0.2, 0.25) is 0 Å². The summed E-state index contributed by atoms with van der Waals surface area (Å²) in [5.41, 5.74) is 2.42. The van der Waals surface area contributed by atoms with Crippen LogP contribution in [0.4, 0.5) is 10.5 Å². The van der Waals surface area contributed by atoms with Crippen molar-refractivity contribution >= 4 is 58.2 Å². The van der Waals surface area contributed by atoms with Gasteiger partial charge in [-0.25, -0.2) is 14.5 Å². The molecule has 0 spiro atoms. The van der Waals surface area contributed by atoms with Crippen molar-refractivity contribution in [1.29, 1.82) is 0 Å². The highest BCUT2D eigenvalue weighted by Crippen LogP contribution is 2.36. The summed E-state index contributed by atoms with van der Waals surface area (Å²) in [7, 11) is 1.46. The minimum atomic E-state index is -1.02. The Morgan fingerprint density at radius 2 is 1.55 bits per heavy atom. The number of urea groups is 1. The lowest BCUT2D eigenvalue weighted by molar-refractivity contribution is -0.122. The van der Waals surface area contributed by atoms with Gasteiger partial charge in [-0.3, -0.25) is 14.9 Å². The molecule has 0 aliphatic carbocycles. The van der Waals surface area contributed by atoms with Gasteiger partial charge >= 0.3 is 12.0 Å². The Morgan fingerprint density at radius 3 is 2.20 bits per heavy atom. The topological polar surface area (TPSA) is 131 Å². The summed E-state index contributed by atoms with van der Waals surface area (Å²) < 4.78 is 17.9. The highest BCUT2D eigenvalue weighted by molar-refractivity contribution is 14.1. The third-order valence-electron chi connectivity index (χ3n) is 6.59. The zero-order chi connectivity index (χ0) is 31.2. The fourth-order valence-electron chi connectivity index (χ4n) is 4.35. The normalized spacial score (nSPS) is 13.9. The molecular formula is C33H25IN2O8. The molecule has 4 aromatic rings. The second-order valence-corrected chi connectivity index (χ2v) is 10.7. The van der Waals surface area contributed by atoms with Gasteiger partial charge in [-0.15, -0.1) is 0 Å². The summed E-state index contributed by atoms with van der Waals surface area (Å²) in [5, 5.41) is 11.3. The number of carbonyl (C=O) groups excluding carboxylic acids is 3. The van der Waals surface area contributed by atoms with Gasteiger partial charge in [0.05, 0.1) is 21.9 Å². The molecule has 222 valence electrons. The number of hydrogen-bond acceptors (Lipinski definition) is 7. The third-order valence-corrected chi connectivity index (χ3v) is 7.39. The highest BCUT2D eigenvalue weighted by atomic mass is 127. The number of methoxy groups -OCH3 is 1. The maximum Gasteiger partial charge on any atom is 0.335 e. The number of rotatable bonds is 10. The molecular weight excluding hydrogens is 679 g/mol. The van der Waals surface area contributed by atoms with Gasteiger partial charge in [0, 0.05) is 0 Å². The minimum absolute atomic E-state index is 0.154. The Bertz CT molecular complexity index is 1750. The Morgan fingerprint density at radius 1 is 0.886 bits per heavy atom. The molecule has 1 aliphatic heterocycles. The molecule has 0 atom stereocenters. The third kappa shape index (κ3) is 6.89. The first-order valence-electron chi connectivity index (χ1n) is 13.2. The summed E-state index contributed by atoms with van der Waals surface area (Å²) >= 11 is 2.05. The summed E-state index contributed by atoms with van der Waals surface area (Å²) in [6.45, 7) is 0.511. The molecule has 1 fully saturated rings. The highest BCUT2D eigenvalue weighted by Gasteiger charge is 2.37. The average molecular weight is 704 g/mol. The number of anilines is 1. The van der Waals surface area contributed by atoms with Crippen LogP contribution in [-0.2, 0) is 22.8 Å². The molecule has 4 aromatic carbocycles. The Hall–Kier alpha value is -5.17. The molecule has 10 nitrogen and oxygen atoms in total. The first kappa shape index (κ1) is 30.3. The summed E-state index contributed by atoms with van der Waals surface area (Å²) in [5.74, 6) is -1.28. The predicted octanol–water partition coefficient (Wildman–Crippen LogP) is 5.82. The van der Waals surface area contributed by atoms with Crippen LogP contribution in [0.5, 0.6) is 17.2 Å². The summed E-state index contributed by atoms with van der Waals surface area (Å²) in [6, 6.07) is 24.8. The van der Waals surface area contributed by atoms with Crippen LogP contribution in [0.25, 0.3) is 6.08 Å². The fourth-order valence-corrected chi connectivity index (χ4v) is 5.13. The van der Waals surface area contributed by atoms with Crippen LogP contribution >= 0.6 is 22.6 Å². The second-order valence-electron chi connectivity index (χ2n) is 9.55. The van der Waals surface area contributed by atoms with Gasteiger partial charge in [-0.2, -0.15) is 0 Å². The number of halogens is 1. The molecule has 2 N–H and O–H groups in total. The SMILES string of the molecule is COc1cc(/C=C2\C(=O)NC(=O)N(c3ccc(OCc4ccccc4)cc3)C2=O)cc(I)c1OCc1ccc(C(=O)O)cc1. The maximum absolute atomic E-state index is 13.4. The number of nitrogens with one attached hydrogen (secondary N) is 1. The number of carboxylic acid groups (broad SMARTS) is 1. The largest absolute Gasteiger partial charge is 0.493 e. The van der Waals surface area contributed by atoms with Gasteiger partial charge in [-0.1, -0.05) is 42.5 Å². The number of hydrogen-bond donors (Lipinski definition) is 2. The zero-order valence-corrected chi connectivity index (χ0v) is 25.4. The van der Waals surface area contributed by atoms with E-state index >= 15 is 0 Å². The predicted molar refractivity (Wildman–Crippen MR) is 170 cm³/mol. The molecule has 0 bridgehead atoms. The molecule has 1 aliphatic rings. The standard InChI is InChI=1S/C33H25IN2O8/c1-42-28-17-22(16-27(34)29(28)44-19-21-7-9-23(10-8-21)32(39)40)15-26-30(37)35-33(41)36(31(26)38)24-11-13-25(14-12-24)43-18-20-5-3-2-4-6-20/h2-17H,18-19H2,1H3,(H,39,40)(H,35,37,41)/b26-15+. The van der Waals surface area contributed by atoms with Crippen molar-refractivity contribution in [3.8, 4) is 17.2 Å². The number of nitrogens with zero attached hydrogens (tertiary/aromatic N) is 1. The Balaban J connectivity index is 1.33. The van der Waals surface area contributed by atoms with E-state index in [1.807, 2.05) is 30.3 Å². The number of carbonyl (C=O) groups is 4. The lowest BCUT2D eigenvalue weighted by Gasteiger charge is -2.26. The molecule has 11 heteroatoms. The van der Waals surface area contributed by atoms with E-state index < -0.39 is 23.8 Å². The number of imide groups is 2. The van der Waals surface area contributed by atoms with E-state index in [-0.39, 0.29) is 23.4 Å². The van der Waals surface area contributed by atoms with E-state index in [1.165, 1.54) is 25.3 Å². The van der Waals surface area contributed by atoms with Crippen LogP contribution in [0.1, 0.15) is 27.0 Å². The van der Waals surface area contributed by atoms with Crippen molar-refractivity contribution in [2.75, 3.05) is 12.0 Å². The average Bonchev–Trinajstić information content (AvgIpc) is 3.02. The van der Waals surface area contributed by atoms with Crippen LogP contribution in [0, 0.1) is 3.57 Å². The lowest BCUT2D eigenvalue weighted by atomic mass is 10.1. The number of barbiturate groups is 1. The second kappa shape index (κ2) is 13.4. The summed E-state index contributed by atoms with van der Waals surface area (Å²) in [4.78, 5) is 50.9.